The summed E-state index contributed by atoms with van der Waals surface area (Å²) in [6.07, 6.45) is 7.67. The van der Waals surface area contributed by atoms with Crippen molar-refractivity contribution in [2.24, 2.45) is 0 Å². The summed E-state index contributed by atoms with van der Waals surface area (Å²) in [6, 6.07) is 16.5. The molecule has 2 aromatic carbocycles. The van der Waals surface area contributed by atoms with E-state index in [9.17, 15) is 14.7 Å². The fourth-order valence-electron chi connectivity index (χ4n) is 5.99. The molecule has 230 valence electrons. The number of carbonyl (C=O) groups excluding carboxylic acids is 1. The van der Waals surface area contributed by atoms with Crippen LogP contribution in [0.5, 0.6) is 5.75 Å². The minimum atomic E-state index is -0.744. The van der Waals surface area contributed by atoms with Gasteiger partial charge in [0.1, 0.15) is 11.3 Å². The average molecular weight is 596 g/mol. The van der Waals surface area contributed by atoms with Gasteiger partial charge in [-0.2, -0.15) is 0 Å². The maximum atomic E-state index is 11.4. The van der Waals surface area contributed by atoms with Gasteiger partial charge in [-0.05, 0) is 91.7 Å². The van der Waals surface area contributed by atoms with Crippen molar-refractivity contribution in [2.45, 2.75) is 65.5 Å². The maximum absolute atomic E-state index is 11.4. The largest absolute Gasteiger partial charge is 0.493 e. The van der Waals surface area contributed by atoms with Crippen LogP contribution in [0, 0.1) is 13.8 Å². The smallest absolute Gasteiger partial charge is 0.304 e. The second kappa shape index (κ2) is 14.3. The van der Waals surface area contributed by atoms with Crippen LogP contribution in [-0.4, -0.2) is 57.6 Å². The number of carboxylic acids is 1. The van der Waals surface area contributed by atoms with Crippen molar-refractivity contribution in [3.8, 4) is 16.9 Å². The van der Waals surface area contributed by atoms with Gasteiger partial charge in [-0.15, -0.1) is 0 Å². The molecule has 0 radical (unpaired) electrons. The molecule has 0 saturated carbocycles. The van der Waals surface area contributed by atoms with Gasteiger partial charge < -0.3 is 20.5 Å². The summed E-state index contributed by atoms with van der Waals surface area (Å²) < 4.78 is 6.06. The predicted octanol–water partition coefficient (Wildman–Crippen LogP) is 6.39. The highest BCUT2D eigenvalue weighted by atomic mass is 16.5. The normalized spacial score (nSPS) is 15.2. The third-order valence-corrected chi connectivity index (χ3v) is 8.31. The molecule has 1 aliphatic rings. The Kier molecular flexibility index (Phi) is 10.1. The van der Waals surface area contributed by atoms with Gasteiger partial charge in [0.15, 0.2) is 5.82 Å². The summed E-state index contributed by atoms with van der Waals surface area (Å²) in [7, 11) is 0. The van der Waals surface area contributed by atoms with Gasteiger partial charge >= 0.3 is 5.97 Å². The fraction of sp³-hybridized carbons (Fsp3) is 0.371. The number of piperidine rings is 1. The van der Waals surface area contributed by atoms with Crippen LogP contribution in [0.2, 0.25) is 0 Å². The van der Waals surface area contributed by atoms with Crippen molar-refractivity contribution < 1.29 is 19.4 Å². The van der Waals surface area contributed by atoms with Crippen LogP contribution in [0.3, 0.4) is 0 Å². The van der Waals surface area contributed by atoms with Crippen molar-refractivity contribution in [1.29, 1.82) is 0 Å². The molecule has 0 spiro atoms. The number of fused-ring (bicyclic) bond motifs is 1. The molecule has 9 nitrogen and oxygen atoms in total. The first-order valence-electron chi connectivity index (χ1n) is 15.3. The number of aliphatic carboxylic acids is 1. The third kappa shape index (κ3) is 7.52. The third-order valence-electron chi connectivity index (χ3n) is 8.31. The molecule has 9 heteroatoms. The van der Waals surface area contributed by atoms with Crippen molar-refractivity contribution >= 4 is 34.3 Å². The second-order valence-corrected chi connectivity index (χ2v) is 11.5. The molecule has 5 rings (SSSR count). The number of nitrogens with zero attached hydrogens (tertiary/aromatic N) is 3. The van der Waals surface area contributed by atoms with Crippen LogP contribution < -0.4 is 15.4 Å². The molecule has 1 amide bonds. The van der Waals surface area contributed by atoms with E-state index in [1.54, 1.807) is 6.20 Å². The first-order valence-corrected chi connectivity index (χ1v) is 15.3. The first kappa shape index (κ1) is 30.9. The Morgan fingerprint density at radius 3 is 2.64 bits per heavy atom. The monoisotopic (exact) mass is 595 g/mol. The Morgan fingerprint density at radius 2 is 1.84 bits per heavy atom. The Labute approximate surface area is 258 Å². The highest BCUT2D eigenvalue weighted by Crippen LogP contribution is 2.36. The number of benzene rings is 2. The van der Waals surface area contributed by atoms with Crippen LogP contribution in [0.4, 0.5) is 11.5 Å². The molecular weight excluding hydrogens is 554 g/mol. The lowest BCUT2D eigenvalue weighted by molar-refractivity contribution is -0.138. The summed E-state index contributed by atoms with van der Waals surface area (Å²) in [5.41, 5.74) is 7.14. The zero-order valence-corrected chi connectivity index (χ0v) is 25.7. The van der Waals surface area contributed by atoms with Crippen molar-refractivity contribution in [3.05, 3.63) is 77.6 Å². The van der Waals surface area contributed by atoms with E-state index in [2.05, 4.69) is 52.6 Å². The number of hydrogen-bond acceptors (Lipinski definition) is 7. The molecule has 0 aliphatic carbocycles. The van der Waals surface area contributed by atoms with E-state index < -0.39 is 5.97 Å². The molecule has 1 saturated heterocycles. The van der Waals surface area contributed by atoms with Crippen molar-refractivity contribution in [1.82, 2.24) is 20.2 Å². The Hall–Kier alpha value is -4.50. The number of ether oxygens (including phenoxy) is 1. The molecule has 0 bridgehead atoms. The topological polar surface area (TPSA) is 117 Å². The van der Waals surface area contributed by atoms with Gasteiger partial charge in [-0.3, -0.25) is 19.5 Å². The number of carbonyl (C=O) groups is 2. The Bertz CT molecular complexity index is 1640. The fourth-order valence-corrected chi connectivity index (χ4v) is 5.99. The minimum Gasteiger partial charge on any atom is -0.493 e. The molecule has 3 N–H and O–H groups in total. The SMILES string of the molecule is CC(=O)NCCCOc1cccc(-c2cccc(Nc3nccc4cc(CN5CCCCC5CC(=O)O)cnc34)c2C)c1C. The van der Waals surface area contributed by atoms with Gasteiger partial charge in [0.2, 0.25) is 5.91 Å². The van der Waals surface area contributed by atoms with Gasteiger partial charge in [0.05, 0.1) is 13.0 Å². The maximum Gasteiger partial charge on any atom is 0.304 e. The highest BCUT2D eigenvalue weighted by molar-refractivity contribution is 5.91. The average Bonchev–Trinajstić information content (AvgIpc) is 3.00. The molecular formula is C35H41N5O4. The number of likely N-dealkylation sites (tertiary alicyclic amines) is 1. The van der Waals surface area contributed by atoms with Crippen LogP contribution in [0.25, 0.3) is 22.0 Å². The Balaban J connectivity index is 1.33. The molecule has 1 fully saturated rings. The lowest BCUT2D eigenvalue weighted by Gasteiger charge is -2.34. The van der Waals surface area contributed by atoms with Crippen molar-refractivity contribution in [3.63, 3.8) is 0 Å². The summed E-state index contributed by atoms with van der Waals surface area (Å²) in [6.45, 7) is 8.38. The van der Waals surface area contributed by atoms with E-state index in [4.69, 9.17) is 9.72 Å². The van der Waals surface area contributed by atoms with E-state index in [0.717, 1.165) is 82.4 Å². The lowest BCUT2D eigenvalue weighted by Crippen LogP contribution is -2.40. The molecule has 1 unspecified atom stereocenters. The van der Waals surface area contributed by atoms with Crippen LogP contribution in [0.15, 0.2) is 60.9 Å². The lowest BCUT2D eigenvalue weighted by atomic mass is 9.95. The number of carboxylic acid groups (broad SMARTS) is 1. The minimum absolute atomic E-state index is 0.0353. The molecule has 1 atom stereocenters. The van der Waals surface area contributed by atoms with Crippen LogP contribution in [-0.2, 0) is 16.1 Å². The predicted molar refractivity (Wildman–Crippen MR) is 173 cm³/mol. The van der Waals surface area contributed by atoms with Crippen LogP contribution >= 0.6 is 0 Å². The molecule has 2 aromatic heterocycles. The van der Waals surface area contributed by atoms with E-state index >= 15 is 0 Å². The standard InChI is InChI=1S/C35H41N5O4/c1-23-29(30-11-7-13-32(24(30)2)44-18-8-15-36-25(3)41)10-6-12-31(23)39-35-34-27(14-16-37-35)19-26(21-38-34)22-40-17-5-4-9-28(40)20-33(42)43/h6-7,10-14,16,19,21,28H,4-5,8-9,15,17-18,20,22H2,1-3H3,(H,36,41)(H,37,39)(H,42,43). The number of pyridine rings is 2. The number of nitrogens with one attached hydrogen (secondary N) is 2. The van der Waals surface area contributed by atoms with Gasteiger partial charge in [-0.25, -0.2) is 4.98 Å². The zero-order chi connectivity index (χ0) is 31.1. The molecule has 4 aromatic rings. The number of amides is 1. The first-order chi connectivity index (χ1) is 21.3. The van der Waals surface area contributed by atoms with Crippen molar-refractivity contribution in [2.75, 3.05) is 25.0 Å². The zero-order valence-electron chi connectivity index (χ0n) is 25.7. The molecule has 1 aliphatic heterocycles. The number of anilines is 2. The van der Waals surface area contributed by atoms with E-state index in [0.29, 0.717) is 25.5 Å². The summed E-state index contributed by atoms with van der Waals surface area (Å²) in [5, 5.41) is 16.7. The van der Waals surface area contributed by atoms with Gasteiger partial charge in [0, 0.05) is 49.5 Å². The van der Waals surface area contributed by atoms with E-state index in [1.165, 1.54) is 6.92 Å². The number of hydrogen-bond donors (Lipinski definition) is 3. The second-order valence-electron chi connectivity index (χ2n) is 11.5. The van der Waals surface area contributed by atoms with E-state index in [1.807, 2.05) is 36.5 Å². The molecule has 3 heterocycles. The summed E-state index contributed by atoms with van der Waals surface area (Å²) in [5.74, 6) is 0.736. The summed E-state index contributed by atoms with van der Waals surface area (Å²) in [4.78, 5) is 34.2. The van der Waals surface area contributed by atoms with E-state index in [-0.39, 0.29) is 18.4 Å². The highest BCUT2D eigenvalue weighted by Gasteiger charge is 2.25. The Morgan fingerprint density at radius 1 is 1.05 bits per heavy atom. The van der Waals surface area contributed by atoms with Gasteiger partial charge in [0.25, 0.3) is 0 Å². The number of rotatable bonds is 12. The molecule has 44 heavy (non-hydrogen) atoms. The number of aromatic nitrogens is 2. The quantitative estimate of drug-likeness (QED) is 0.161. The van der Waals surface area contributed by atoms with Crippen LogP contribution in [0.1, 0.15) is 55.7 Å². The summed E-state index contributed by atoms with van der Waals surface area (Å²) >= 11 is 0. The van der Waals surface area contributed by atoms with Gasteiger partial charge in [-0.1, -0.05) is 30.7 Å².